The first-order valence-corrected chi connectivity index (χ1v) is 5.25. The fraction of sp³-hybridized carbons (Fsp3) is 0.500. The first kappa shape index (κ1) is 9.69. The maximum absolute atomic E-state index is 9.19. The molecule has 0 saturated carbocycles. The molecule has 1 aromatic rings. The van der Waals surface area contributed by atoms with Crippen molar-refractivity contribution in [3.63, 3.8) is 0 Å². The highest BCUT2D eigenvalue weighted by atomic mass is 16.3. The molecule has 1 heterocycles. The van der Waals surface area contributed by atoms with Crippen molar-refractivity contribution in [1.29, 1.82) is 0 Å². The number of hydrogen-bond donors (Lipinski definition) is 2. The summed E-state index contributed by atoms with van der Waals surface area (Å²) in [5.41, 5.74) is 4.19. The second-order valence-corrected chi connectivity index (χ2v) is 4.09. The highest BCUT2D eigenvalue weighted by Gasteiger charge is 2.09. The monoisotopic (exact) mass is 191 g/mol. The molecule has 0 amide bonds. The molecule has 1 atom stereocenters. The lowest BCUT2D eigenvalue weighted by atomic mass is 10.0. The number of benzene rings is 1. The van der Waals surface area contributed by atoms with E-state index in [-0.39, 0.29) is 6.10 Å². The van der Waals surface area contributed by atoms with E-state index >= 15 is 0 Å². The van der Waals surface area contributed by atoms with Crippen LogP contribution in [0.3, 0.4) is 0 Å². The number of aliphatic hydroxyl groups excluding tert-OH is 1. The molecule has 1 aliphatic heterocycles. The molecule has 76 valence electrons. The van der Waals surface area contributed by atoms with E-state index < -0.39 is 0 Å². The molecule has 0 fully saturated rings. The average Bonchev–Trinajstić information content (AvgIpc) is 2.61. The Morgan fingerprint density at radius 2 is 2.14 bits per heavy atom. The number of nitrogens with one attached hydrogen (secondary N) is 1. The SMILES string of the molecule is CC(O)CCc1ccc2c(c1)CNC2. The number of fused-ring (bicyclic) bond motifs is 1. The largest absolute Gasteiger partial charge is 0.393 e. The summed E-state index contributed by atoms with van der Waals surface area (Å²) < 4.78 is 0. The van der Waals surface area contributed by atoms with Crippen molar-refractivity contribution in [1.82, 2.24) is 5.32 Å². The van der Waals surface area contributed by atoms with Crippen LogP contribution in [0.1, 0.15) is 30.0 Å². The van der Waals surface area contributed by atoms with E-state index in [1.54, 1.807) is 0 Å². The van der Waals surface area contributed by atoms with Crippen molar-refractivity contribution < 1.29 is 5.11 Å². The minimum Gasteiger partial charge on any atom is -0.393 e. The van der Waals surface area contributed by atoms with E-state index in [4.69, 9.17) is 0 Å². The standard InChI is InChI=1S/C12H17NO/c1-9(14)2-3-10-4-5-11-7-13-8-12(11)6-10/h4-6,9,13-14H,2-3,7-8H2,1H3. The second kappa shape index (κ2) is 4.11. The molecular formula is C12H17NO. The van der Waals surface area contributed by atoms with E-state index in [1.807, 2.05) is 6.92 Å². The highest BCUT2D eigenvalue weighted by molar-refractivity contribution is 5.34. The lowest BCUT2D eigenvalue weighted by Crippen LogP contribution is -2.01. The van der Waals surface area contributed by atoms with Gasteiger partial charge in [0.1, 0.15) is 0 Å². The van der Waals surface area contributed by atoms with E-state index in [1.165, 1.54) is 16.7 Å². The number of aliphatic hydroxyl groups is 1. The average molecular weight is 191 g/mol. The van der Waals surface area contributed by atoms with Gasteiger partial charge in [0.25, 0.3) is 0 Å². The van der Waals surface area contributed by atoms with Crippen molar-refractivity contribution in [2.24, 2.45) is 0 Å². The third kappa shape index (κ3) is 2.14. The van der Waals surface area contributed by atoms with Crippen LogP contribution >= 0.6 is 0 Å². The fourth-order valence-corrected chi connectivity index (χ4v) is 1.88. The molecule has 0 spiro atoms. The van der Waals surface area contributed by atoms with E-state index in [0.29, 0.717) is 0 Å². The summed E-state index contributed by atoms with van der Waals surface area (Å²) in [6, 6.07) is 6.64. The van der Waals surface area contributed by atoms with Gasteiger partial charge < -0.3 is 10.4 Å². The Hall–Kier alpha value is -0.860. The molecule has 1 aromatic carbocycles. The summed E-state index contributed by atoms with van der Waals surface area (Å²) in [5.74, 6) is 0. The van der Waals surface area contributed by atoms with Crippen LogP contribution in [0.25, 0.3) is 0 Å². The van der Waals surface area contributed by atoms with Crippen molar-refractivity contribution in [2.45, 2.75) is 39.0 Å². The molecule has 2 heteroatoms. The predicted molar refractivity (Wildman–Crippen MR) is 57.0 cm³/mol. The Kier molecular flexibility index (Phi) is 2.85. The molecule has 2 nitrogen and oxygen atoms in total. The topological polar surface area (TPSA) is 32.3 Å². The molecule has 0 saturated heterocycles. The Balaban J connectivity index is 2.05. The number of aryl methyl sites for hydroxylation is 1. The van der Waals surface area contributed by atoms with Crippen LogP contribution in [0.2, 0.25) is 0 Å². The molecule has 0 aromatic heterocycles. The van der Waals surface area contributed by atoms with Crippen LogP contribution < -0.4 is 5.32 Å². The summed E-state index contributed by atoms with van der Waals surface area (Å²) in [5, 5.41) is 12.5. The molecule has 0 aliphatic carbocycles. The molecule has 0 radical (unpaired) electrons. The van der Waals surface area contributed by atoms with Gasteiger partial charge in [-0.3, -0.25) is 0 Å². The van der Waals surface area contributed by atoms with Crippen LogP contribution in [-0.2, 0) is 19.5 Å². The van der Waals surface area contributed by atoms with E-state index in [0.717, 1.165) is 25.9 Å². The highest BCUT2D eigenvalue weighted by Crippen LogP contribution is 2.18. The minimum absolute atomic E-state index is 0.193. The Labute approximate surface area is 85.0 Å². The zero-order valence-electron chi connectivity index (χ0n) is 8.59. The number of hydrogen-bond acceptors (Lipinski definition) is 2. The third-order valence-electron chi connectivity index (χ3n) is 2.75. The summed E-state index contributed by atoms with van der Waals surface area (Å²) in [6.45, 7) is 3.85. The van der Waals surface area contributed by atoms with Gasteiger partial charge in [-0.05, 0) is 36.5 Å². The predicted octanol–water partition coefficient (Wildman–Crippen LogP) is 1.60. The second-order valence-electron chi connectivity index (χ2n) is 4.09. The van der Waals surface area contributed by atoms with Crippen molar-refractivity contribution in [3.8, 4) is 0 Å². The molecule has 1 aliphatic rings. The summed E-state index contributed by atoms with van der Waals surface area (Å²) in [7, 11) is 0. The van der Waals surface area contributed by atoms with Crippen molar-refractivity contribution in [3.05, 3.63) is 34.9 Å². The third-order valence-corrected chi connectivity index (χ3v) is 2.75. The lowest BCUT2D eigenvalue weighted by Gasteiger charge is -2.06. The summed E-state index contributed by atoms with van der Waals surface area (Å²) in [4.78, 5) is 0. The Morgan fingerprint density at radius 1 is 1.36 bits per heavy atom. The smallest absolute Gasteiger partial charge is 0.0515 e. The van der Waals surface area contributed by atoms with Gasteiger partial charge in [-0.25, -0.2) is 0 Å². The maximum atomic E-state index is 9.19. The Morgan fingerprint density at radius 3 is 2.93 bits per heavy atom. The molecule has 2 N–H and O–H groups in total. The molecule has 1 unspecified atom stereocenters. The molecular weight excluding hydrogens is 174 g/mol. The fourth-order valence-electron chi connectivity index (χ4n) is 1.88. The van der Waals surface area contributed by atoms with Crippen LogP contribution in [0.15, 0.2) is 18.2 Å². The first-order chi connectivity index (χ1) is 6.75. The van der Waals surface area contributed by atoms with Crippen LogP contribution in [0.5, 0.6) is 0 Å². The zero-order valence-corrected chi connectivity index (χ0v) is 8.59. The summed E-state index contributed by atoms with van der Waals surface area (Å²) >= 11 is 0. The summed E-state index contributed by atoms with van der Waals surface area (Å²) in [6.07, 6.45) is 1.64. The van der Waals surface area contributed by atoms with Crippen molar-refractivity contribution >= 4 is 0 Å². The van der Waals surface area contributed by atoms with Gasteiger partial charge in [0.15, 0.2) is 0 Å². The molecule has 14 heavy (non-hydrogen) atoms. The van der Waals surface area contributed by atoms with Gasteiger partial charge in [-0.2, -0.15) is 0 Å². The molecule has 2 rings (SSSR count). The van der Waals surface area contributed by atoms with Crippen LogP contribution in [0, 0.1) is 0 Å². The van der Waals surface area contributed by atoms with E-state index in [2.05, 4.69) is 23.5 Å². The van der Waals surface area contributed by atoms with Gasteiger partial charge in [-0.15, -0.1) is 0 Å². The molecule has 0 bridgehead atoms. The maximum Gasteiger partial charge on any atom is 0.0515 e. The minimum atomic E-state index is -0.193. The van der Waals surface area contributed by atoms with Gasteiger partial charge in [0.2, 0.25) is 0 Å². The lowest BCUT2D eigenvalue weighted by molar-refractivity contribution is 0.185. The van der Waals surface area contributed by atoms with Gasteiger partial charge in [-0.1, -0.05) is 18.2 Å². The van der Waals surface area contributed by atoms with Crippen LogP contribution in [-0.4, -0.2) is 11.2 Å². The van der Waals surface area contributed by atoms with Gasteiger partial charge >= 0.3 is 0 Å². The van der Waals surface area contributed by atoms with Crippen molar-refractivity contribution in [2.75, 3.05) is 0 Å². The van der Waals surface area contributed by atoms with Gasteiger partial charge in [0, 0.05) is 13.1 Å². The van der Waals surface area contributed by atoms with Gasteiger partial charge in [0.05, 0.1) is 6.10 Å². The zero-order chi connectivity index (χ0) is 9.97. The number of rotatable bonds is 3. The Bertz CT molecular complexity index is 320. The normalized spacial score (nSPS) is 16.7. The van der Waals surface area contributed by atoms with Crippen LogP contribution in [0.4, 0.5) is 0 Å². The van der Waals surface area contributed by atoms with E-state index in [9.17, 15) is 5.11 Å². The quantitative estimate of drug-likeness (QED) is 0.760. The first-order valence-electron chi connectivity index (χ1n) is 5.25.